The first-order chi connectivity index (χ1) is 17.9. The Hall–Kier alpha value is -3.76. The van der Waals surface area contributed by atoms with Gasteiger partial charge in [-0.25, -0.2) is 19.2 Å². The number of rotatable bonds is 11. The molecule has 2 N–H and O–H groups in total. The molecular weight excluding hydrogens is 511 g/mol. The fourth-order valence-electron chi connectivity index (χ4n) is 3.78. The van der Waals surface area contributed by atoms with Gasteiger partial charge in [0.2, 0.25) is 0 Å². The molecule has 0 spiro atoms. The average molecular weight is 537 g/mol. The molecule has 2 aromatic heterocycles. The zero-order valence-electron chi connectivity index (χ0n) is 20.0. The van der Waals surface area contributed by atoms with Crippen molar-refractivity contribution in [1.82, 2.24) is 19.9 Å². The molecule has 190 valence electrons. The summed E-state index contributed by atoms with van der Waals surface area (Å²) in [4.78, 5) is 33.5. The predicted octanol–water partition coefficient (Wildman–Crippen LogP) is 5.32. The Labute approximate surface area is 222 Å². The number of amides is 1. The van der Waals surface area contributed by atoms with Crippen LogP contribution < -0.4 is 5.32 Å². The number of imidazole rings is 1. The summed E-state index contributed by atoms with van der Waals surface area (Å²) in [6.07, 6.45) is 11.2. The van der Waals surface area contributed by atoms with Crippen LogP contribution in [0, 0.1) is 5.82 Å². The summed E-state index contributed by atoms with van der Waals surface area (Å²) < 4.78 is 15.6. The summed E-state index contributed by atoms with van der Waals surface area (Å²) in [7, 11) is 0. The normalized spacial score (nSPS) is 12.3. The minimum Gasteiger partial charge on any atom is -0.480 e. The van der Waals surface area contributed by atoms with Gasteiger partial charge in [0.15, 0.2) is 0 Å². The monoisotopic (exact) mass is 536 g/mol. The first-order valence-electron chi connectivity index (χ1n) is 11.4. The maximum Gasteiger partial charge on any atom is 0.326 e. The van der Waals surface area contributed by atoms with E-state index in [9.17, 15) is 19.1 Å². The van der Waals surface area contributed by atoms with Crippen LogP contribution in [-0.2, 0) is 11.3 Å². The lowest BCUT2D eigenvalue weighted by Gasteiger charge is -2.17. The molecule has 0 bridgehead atoms. The average Bonchev–Trinajstić information content (AvgIpc) is 3.61. The van der Waals surface area contributed by atoms with Crippen LogP contribution >= 0.6 is 23.1 Å². The second-order valence-corrected chi connectivity index (χ2v) is 10.1. The zero-order chi connectivity index (χ0) is 26.2. The number of hydrogen-bond acceptors (Lipinski definition) is 6. The van der Waals surface area contributed by atoms with Gasteiger partial charge in [-0.15, -0.1) is 11.3 Å². The Kier molecular flexibility index (Phi) is 8.86. The fourth-order valence-corrected chi connectivity index (χ4v) is 4.90. The maximum absolute atomic E-state index is 13.7. The summed E-state index contributed by atoms with van der Waals surface area (Å²) >= 11 is 3.03. The van der Waals surface area contributed by atoms with Crippen LogP contribution in [0.15, 0.2) is 72.8 Å². The number of hydrogen-bond donors (Lipinski definition) is 2. The molecule has 1 atom stereocenters. The molecule has 2 aromatic carbocycles. The van der Waals surface area contributed by atoms with Crippen LogP contribution in [0.2, 0.25) is 0 Å². The maximum atomic E-state index is 13.7. The first kappa shape index (κ1) is 26.3. The molecular formula is C27H25FN4O3S2. The van der Waals surface area contributed by atoms with E-state index in [1.807, 2.05) is 34.5 Å². The third kappa shape index (κ3) is 6.93. The molecule has 2 heterocycles. The van der Waals surface area contributed by atoms with Gasteiger partial charge in [0.25, 0.3) is 5.91 Å². The van der Waals surface area contributed by atoms with Crippen molar-refractivity contribution in [2.75, 3.05) is 12.0 Å². The molecule has 0 aliphatic rings. The molecule has 0 saturated carbocycles. The Morgan fingerprint density at radius 2 is 2.03 bits per heavy atom. The van der Waals surface area contributed by atoms with Crippen molar-refractivity contribution < 1.29 is 19.1 Å². The van der Waals surface area contributed by atoms with Gasteiger partial charge >= 0.3 is 5.97 Å². The van der Waals surface area contributed by atoms with Crippen LogP contribution in [0.1, 0.15) is 27.3 Å². The van der Waals surface area contributed by atoms with Gasteiger partial charge in [-0.2, -0.15) is 11.8 Å². The Morgan fingerprint density at radius 3 is 2.68 bits per heavy atom. The lowest BCUT2D eigenvalue weighted by molar-refractivity contribution is -0.139. The van der Waals surface area contributed by atoms with Crippen LogP contribution in [-0.4, -0.2) is 49.6 Å². The van der Waals surface area contributed by atoms with Crippen LogP contribution in [0.3, 0.4) is 0 Å². The van der Waals surface area contributed by atoms with E-state index in [0.29, 0.717) is 35.4 Å². The van der Waals surface area contributed by atoms with E-state index in [4.69, 9.17) is 0 Å². The third-order valence-corrected chi connectivity index (χ3v) is 7.11. The smallest absolute Gasteiger partial charge is 0.326 e. The number of carboxylic acid groups (broad SMARTS) is 1. The molecule has 7 nitrogen and oxygen atoms in total. The summed E-state index contributed by atoms with van der Waals surface area (Å²) in [6, 6.07) is 10.2. The highest BCUT2D eigenvalue weighted by atomic mass is 32.2. The van der Waals surface area contributed by atoms with Crippen molar-refractivity contribution in [3.05, 3.63) is 94.7 Å². The minimum atomic E-state index is -1.09. The van der Waals surface area contributed by atoms with Crippen molar-refractivity contribution >= 4 is 46.6 Å². The number of benzene rings is 2. The lowest BCUT2D eigenvalue weighted by atomic mass is 9.95. The Bertz CT molecular complexity index is 1370. The standard InChI is InChI=1S/C27H25FN4O3S2/c1-36-12-8-24(27(34)35)31-25(33)22-7-2-18(15-23(22)19-3-5-21(28)6-4-19)14-20(26-30-10-13-37-26)16-32-11-9-29-17-32/h2-7,9-11,13-15,17,24H,8,12,16H2,1H3,(H,31,33)(H,34,35)/t24-/m0/s1. The molecule has 4 rings (SSSR count). The van der Waals surface area contributed by atoms with Gasteiger partial charge in [0.05, 0.1) is 12.9 Å². The lowest BCUT2D eigenvalue weighted by Crippen LogP contribution is -2.41. The van der Waals surface area contributed by atoms with Crippen molar-refractivity contribution in [1.29, 1.82) is 0 Å². The highest BCUT2D eigenvalue weighted by Gasteiger charge is 2.22. The topological polar surface area (TPSA) is 97.1 Å². The van der Waals surface area contributed by atoms with Gasteiger partial charge in [0, 0.05) is 35.1 Å². The fraction of sp³-hybridized carbons (Fsp3) is 0.185. The van der Waals surface area contributed by atoms with Crippen LogP contribution in [0.5, 0.6) is 0 Å². The van der Waals surface area contributed by atoms with Crippen molar-refractivity contribution in [2.45, 2.75) is 19.0 Å². The molecule has 0 radical (unpaired) electrons. The van der Waals surface area contributed by atoms with Crippen LogP contribution in [0.25, 0.3) is 22.8 Å². The summed E-state index contributed by atoms with van der Waals surface area (Å²) in [5.74, 6) is -1.37. The number of thioether (sulfide) groups is 1. The van der Waals surface area contributed by atoms with Crippen molar-refractivity contribution in [3.8, 4) is 11.1 Å². The molecule has 0 unspecified atom stereocenters. The van der Waals surface area contributed by atoms with Gasteiger partial charge in [0.1, 0.15) is 16.9 Å². The van der Waals surface area contributed by atoms with Crippen molar-refractivity contribution in [3.63, 3.8) is 0 Å². The minimum absolute atomic E-state index is 0.306. The molecule has 37 heavy (non-hydrogen) atoms. The number of nitrogens with zero attached hydrogens (tertiary/aromatic N) is 3. The van der Waals surface area contributed by atoms with E-state index in [1.165, 1.54) is 35.2 Å². The molecule has 1 amide bonds. The second-order valence-electron chi connectivity index (χ2n) is 8.20. The van der Waals surface area contributed by atoms with Gasteiger partial charge in [-0.3, -0.25) is 4.79 Å². The number of carbonyl (C=O) groups excluding carboxylic acids is 1. The number of aliphatic carboxylic acids is 1. The van der Waals surface area contributed by atoms with Gasteiger partial charge in [-0.05, 0) is 65.5 Å². The zero-order valence-corrected chi connectivity index (χ0v) is 21.6. The number of aromatic nitrogens is 3. The number of thiazole rings is 1. The highest BCUT2D eigenvalue weighted by molar-refractivity contribution is 7.98. The van der Waals surface area contributed by atoms with Gasteiger partial charge in [-0.1, -0.05) is 18.2 Å². The number of halogens is 1. The number of nitrogens with one attached hydrogen (secondary N) is 1. The molecule has 0 aliphatic heterocycles. The van der Waals surface area contributed by atoms with Crippen molar-refractivity contribution in [2.24, 2.45) is 0 Å². The largest absolute Gasteiger partial charge is 0.480 e. The van der Waals surface area contributed by atoms with E-state index >= 15 is 0 Å². The summed E-state index contributed by atoms with van der Waals surface area (Å²) in [5.41, 5.74) is 3.30. The summed E-state index contributed by atoms with van der Waals surface area (Å²) in [5, 5.41) is 15.0. The number of carboxylic acids is 1. The molecule has 10 heteroatoms. The van der Waals surface area contributed by atoms with E-state index < -0.39 is 17.9 Å². The number of allylic oxidation sites excluding steroid dienone is 1. The summed E-state index contributed by atoms with van der Waals surface area (Å²) in [6.45, 7) is 0.553. The second kappa shape index (κ2) is 12.5. The van der Waals surface area contributed by atoms with E-state index in [1.54, 1.807) is 43.0 Å². The van der Waals surface area contributed by atoms with Crippen LogP contribution in [0.4, 0.5) is 4.39 Å². The molecule has 0 aliphatic carbocycles. The quantitative estimate of drug-likeness (QED) is 0.269. The molecule has 0 fully saturated rings. The number of carbonyl (C=O) groups is 2. The van der Waals surface area contributed by atoms with E-state index in [0.717, 1.165) is 16.1 Å². The third-order valence-electron chi connectivity index (χ3n) is 5.62. The highest BCUT2D eigenvalue weighted by Crippen LogP contribution is 2.29. The Balaban J connectivity index is 1.74. The SMILES string of the molecule is CSCC[C@H](NC(=O)c1ccc(C=C(Cn2ccnc2)c2nccs2)cc1-c1ccc(F)cc1)C(=O)O. The molecule has 4 aromatic rings. The molecule has 0 saturated heterocycles. The Morgan fingerprint density at radius 1 is 1.22 bits per heavy atom. The predicted molar refractivity (Wildman–Crippen MR) is 146 cm³/mol. The van der Waals surface area contributed by atoms with E-state index in [-0.39, 0.29) is 5.82 Å². The van der Waals surface area contributed by atoms with E-state index in [2.05, 4.69) is 15.3 Å². The van der Waals surface area contributed by atoms with Gasteiger partial charge < -0.3 is 15.0 Å². The first-order valence-corrected chi connectivity index (χ1v) is 13.7.